The molecule has 0 bridgehead atoms. The Bertz CT molecular complexity index is 833. The first-order valence-corrected chi connectivity index (χ1v) is 8.35. The number of hydrogen-bond acceptors (Lipinski definition) is 6. The molecule has 1 N–H and O–H groups in total. The third-order valence-corrected chi connectivity index (χ3v) is 3.52. The molecular formula is C19H20N2O6. The lowest BCUT2D eigenvalue weighted by Crippen LogP contribution is -2.21. The van der Waals surface area contributed by atoms with Crippen molar-refractivity contribution in [2.45, 2.75) is 20.3 Å². The van der Waals surface area contributed by atoms with E-state index in [-0.39, 0.29) is 16.9 Å². The highest BCUT2D eigenvalue weighted by atomic mass is 16.6. The smallest absolute Gasteiger partial charge is 0.338 e. The number of nitrogens with zero attached hydrogens (tertiary/aromatic N) is 1. The van der Waals surface area contributed by atoms with Gasteiger partial charge in [-0.25, -0.2) is 4.79 Å². The Morgan fingerprint density at radius 2 is 1.85 bits per heavy atom. The number of aryl methyl sites for hydroxylation is 1. The summed E-state index contributed by atoms with van der Waals surface area (Å²) in [6.45, 7) is 3.72. The van der Waals surface area contributed by atoms with Crippen molar-refractivity contribution in [1.29, 1.82) is 0 Å². The number of anilines is 1. The van der Waals surface area contributed by atoms with E-state index in [4.69, 9.17) is 9.47 Å². The summed E-state index contributed by atoms with van der Waals surface area (Å²) >= 11 is 0. The van der Waals surface area contributed by atoms with Crippen LogP contribution >= 0.6 is 0 Å². The lowest BCUT2D eigenvalue weighted by atomic mass is 10.2. The van der Waals surface area contributed by atoms with E-state index in [1.165, 1.54) is 24.3 Å². The number of carbonyl (C=O) groups excluding carboxylic acids is 2. The number of carbonyl (C=O) groups is 2. The van der Waals surface area contributed by atoms with Crippen LogP contribution in [0.15, 0.2) is 42.5 Å². The zero-order chi connectivity index (χ0) is 19.8. The number of nitro groups is 1. The van der Waals surface area contributed by atoms with Gasteiger partial charge in [-0.3, -0.25) is 14.9 Å². The van der Waals surface area contributed by atoms with Gasteiger partial charge in [0.1, 0.15) is 11.4 Å². The standard InChI is InChI=1S/C19H20N2O6/c1-3-10-26-15-7-5-14(6-8-15)19(23)27-12-18(22)20-16-9-4-13(2)11-17(16)21(24)25/h4-9,11H,3,10,12H2,1-2H3,(H,20,22). The molecule has 0 atom stereocenters. The summed E-state index contributed by atoms with van der Waals surface area (Å²) < 4.78 is 10.4. The fourth-order valence-electron chi connectivity index (χ4n) is 2.21. The van der Waals surface area contributed by atoms with Crippen molar-refractivity contribution < 1.29 is 24.0 Å². The molecule has 0 radical (unpaired) electrons. The average Bonchev–Trinajstić information content (AvgIpc) is 2.66. The van der Waals surface area contributed by atoms with Gasteiger partial charge in [-0.05, 0) is 49.2 Å². The summed E-state index contributed by atoms with van der Waals surface area (Å²) in [4.78, 5) is 34.4. The Kier molecular flexibility index (Phi) is 6.87. The molecule has 0 heterocycles. The number of benzene rings is 2. The predicted molar refractivity (Wildman–Crippen MR) is 99.0 cm³/mol. The quantitative estimate of drug-likeness (QED) is 0.432. The van der Waals surface area contributed by atoms with Crippen LogP contribution in [0.25, 0.3) is 0 Å². The van der Waals surface area contributed by atoms with E-state index in [1.54, 1.807) is 25.1 Å². The van der Waals surface area contributed by atoms with E-state index in [0.717, 1.165) is 6.42 Å². The van der Waals surface area contributed by atoms with Gasteiger partial charge in [0, 0.05) is 6.07 Å². The summed E-state index contributed by atoms with van der Waals surface area (Å²) in [5.74, 6) is -0.707. The Labute approximate surface area is 156 Å². The number of nitro benzene ring substituents is 1. The Balaban J connectivity index is 1.92. The zero-order valence-corrected chi connectivity index (χ0v) is 15.1. The van der Waals surface area contributed by atoms with Crippen LogP contribution in [0.5, 0.6) is 5.75 Å². The van der Waals surface area contributed by atoms with Crippen molar-refractivity contribution in [3.05, 3.63) is 63.7 Å². The molecular weight excluding hydrogens is 352 g/mol. The lowest BCUT2D eigenvalue weighted by molar-refractivity contribution is -0.384. The molecule has 142 valence electrons. The van der Waals surface area contributed by atoms with Crippen molar-refractivity contribution in [2.75, 3.05) is 18.5 Å². The number of esters is 1. The van der Waals surface area contributed by atoms with Crippen molar-refractivity contribution >= 4 is 23.3 Å². The van der Waals surface area contributed by atoms with Crippen molar-refractivity contribution in [1.82, 2.24) is 0 Å². The molecule has 8 nitrogen and oxygen atoms in total. The van der Waals surface area contributed by atoms with Gasteiger partial charge in [0.2, 0.25) is 0 Å². The molecule has 0 aliphatic carbocycles. The first kappa shape index (κ1) is 19.9. The molecule has 27 heavy (non-hydrogen) atoms. The Hall–Kier alpha value is -3.42. The van der Waals surface area contributed by atoms with E-state index in [1.807, 2.05) is 6.92 Å². The maximum atomic E-state index is 12.0. The van der Waals surface area contributed by atoms with Crippen LogP contribution in [0, 0.1) is 17.0 Å². The molecule has 0 aliphatic rings. The molecule has 0 spiro atoms. The molecule has 2 rings (SSSR count). The van der Waals surface area contributed by atoms with Crippen LogP contribution in [-0.2, 0) is 9.53 Å². The normalized spacial score (nSPS) is 10.1. The maximum Gasteiger partial charge on any atom is 0.338 e. The summed E-state index contributed by atoms with van der Waals surface area (Å²) in [5, 5.41) is 13.4. The predicted octanol–water partition coefficient (Wildman–Crippen LogP) is 3.49. The van der Waals surface area contributed by atoms with Crippen LogP contribution in [0.1, 0.15) is 29.3 Å². The number of amides is 1. The summed E-state index contributed by atoms with van der Waals surface area (Å²) in [5.41, 5.74) is 0.784. The van der Waals surface area contributed by atoms with E-state index >= 15 is 0 Å². The third kappa shape index (κ3) is 5.81. The van der Waals surface area contributed by atoms with Crippen LogP contribution in [0.2, 0.25) is 0 Å². The third-order valence-electron chi connectivity index (χ3n) is 3.52. The van der Waals surface area contributed by atoms with Crippen LogP contribution in [-0.4, -0.2) is 30.0 Å². The Morgan fingerprint density at radius 3 is 2.48 bits per heavy atom. The van der Waals surface area contributed by atoms with Gasteiger partial charge in [0.15, 0.2) is 6.61 Å². The molecule has 0 aromatic heterocycles. The maximum absolute atomic E-state index is 12.0. The van der Waals surface area contributed by atoms with Gasteiger partial charge in [0.05, 0.1) is 17.1 Å². The lowest BCUT2D eigenvalue weighted by Gasteiger charge is -2.08. The fourth-order valence-corrected chi connectivity index (χ4v) is 2.21. The number of ether oxygens (including phenoxy) is 2. The molecule has 0 aliphatic heterocycles. The molecule has 2 aromatic rings. The van der Waals surface area contributed by atoms with Gasteiger partial charge in [-0.2, -0.15) is 0 Å². The SMILES string of the molecule is CCCOc1ccc(C(=O)OCC(=O)Nc2ccc(C)cc2[N+](=O)[O-])cc1. The highest BCUT2D eigenvalue weighted by Gasteiger charge is 2.17. The second-order valence-corrected chi connectivity index (χ2v) is 5.77. The van der Waals surface area contributed by atoms with Gasteiger partial charge < -0.3 is 14.8 Å². The van der Waals surface area contributed by atoms with Gasteiger partial charge in [-0.1, -0.05) is 13.0 Å². The van der Waals surface area contributed by atoms with Crippen LogP contribution < -0.4 is 10.1 Å². The molecule has 0 saturated carbocycles. The van der Waals surface area contributed by atoms with E-state index in [0.29, 0.717) is 17.9 Å². The largest absolute Gasteiger partial charge is 0.494 e. The first-order chi connectivity index (χ1) is 12.9. The minimum atomic E-state index is -0.675. The summed E-state index contributed by atoms with van der Waals surface area (Å²) in [7, 11) is 0. The van der Waals surface area contributed by atoms with Gasteiger partial charge >= 0.3 is 5.97 Å². The van der Waals surface area contributed by atoms with Gasteiger partial charge in [-0.15, -0.1) is 0 Å². The van der Waals surface area contributed by atoms with E-state index in [9.17, 15) is 19.7 Å². The fraction of sp³-hybridized carbons (Fsp3) is 0.263. The molecule has 1 amide bonds. The molecule has 0 fully saturated rings. The monoisotopic (exact) mass is 372 g/mol. The van der Waals surface area contributed by atoms with Crippen molar-refractivity contribution in [3.63, 3.8) is 0 Å². The second-order valence-electron chi connectivity index (χ2n) is 5.77. The zero-order valence-electron chi connectivity index (χ0n) is 15.1. The van der Waals surface area contributed by atoms with Gasteiger partial charge in [0.25, 0.3) is 11.6 Å². The molecule has 2 aromatic carbocycles. The highest BCUT2D eigenvalue weighted by molar-refractivity contribution is 5.96. The topological polar surface area (TPSA) is 108 Å². The first-order valence-electron chi connectivity index (χ1n) is 8.35. The molecule has 0 saturated heterocycles. The summed E-state index contributed by atoms with van der Waals surface area (Å²) in [6.07, 6.45) is 0.873. The van der Waals surface area contributed by atoms with Crippen molar-refractivity contribution in [2.24, 2.45) is 0 Å². The Morgan fingerprint density at radius 1 is 1.15 bits per heavy atom. The van der Waals surface area contributed by atoms with Crippen LogP contribution in [0.4, 0.5) is 11.4 Å². The minimum Gasteiger partial charge on any atom is -0.494 e. The highest BCUT2D eigenvalue weighted by Crippen LogP contribution is 2.25. The summed E-state index contributed by atoms with van der Waals surface area (Å²) in [6, 6.07) is 10.8. The van der Waals surface area contributed by atoms with Crippen LogP contribution in [0.3, 0.4) is 0 Å². The van der Waals surface area contributed by atoms with Crippen molar-refractivity contribution in [3.8, 4) is 5.75 Å². The number of rotatable bonds is 8. The minimum absolute atomic E-state index is 0.0454. The second kappa shape index (κ2) is 9.33. The average molecular weight is 372 g/mol. The van der Waals surface area contributed by atoms with E-state index in [2.05, 4.69) is 5.32 Å². The van der Waals surface area contributed by atoms with E-state index < -0.39 is 23.4 Å². The number of nitrogens with one attached hydrogen (secondary N) is 1. The molecule has 0 unspecified atom stereocenters. The molecule has 8 heteroatoms. The number of hydrogen-bond donors (Lipinski definition) is 1.